The monoisotopic (exact) mass is 201 g/mol. The van der Waals surface area contributed by atoms with Crippen molar-refractivity contribution in [1.82, 2.24) is 5.16 Å². The van der Waals surface area contributed by atoms with Gasteiger partial charge in [0, 0.05) is 11.6 Å². The van der Waals surface area contributed by atoms with Crippen molar-refractivity contribution in [1.29, 1.82) is 0 Å². The van der Waals surface area contributed by atoms with Crippen LogP contribution in [0.1, 0.15) is 22.4 Å². The summed E-state index contributed by atoms with van der Waals surface area (Å²) in [6.07, 6.45) is 0. The van der Waals surface area contributed by atoms with E-state index in [2.05, 4.69) is 38.1 Å². The molecule has 0 N–H and O–H groups in total. The smallest absolute Gasteiger partial charge is 0.167 e. The first-order valence-electron chi connectivity index (χ1n) is 5.09. The van der Waals surface area contributed by atoms with Gasteiger partial charge in [-0.15, -0.1) is 0 Å². The highest BCUT2D eigenvalue weighted by Crippen LogP contribution is 2.28. The lowest BCUT2D eigenvalue weighted by molar-refractivity contribution is 0.426. The molecule has 0 fully saturated rings. The molecule has 0 amide bonds. The van der Waals surface area contributed by atoms with Gasteiger partial charge in [-0.3, -0.25) is 0 Å². The molecule has 1 aromatic carbocycles. The fourth-order valence-electron chi connectivity index (χ4n) is 2.05. The summed E-state index contributed by atoms with van der Waals surface area (Å²) in [5, 5.41) is 3.92. The highest BCUT2D eigenvalue weighted by molar-refractivity contribution is 5.66. The van der Waals surface area contributed by atoms with Crippen LogP contribution in [0.25, 0.3) is 11.3 Å². The summed E-state index contributed by atoms with van der Waals surface area (Å²) in [5.74, 6) is 0.863. The van der Waals surface area contributed by atoms with Gasteiger partial charge in [-0.25, -0.2) is 0 Å². The van der Waals surface area contributed by atoms with Gasteiger partial charge in [0.15, 0.2) is 5.76 Å². The van der Waals surface area contributed by atoms with Crippen molar-refractivity contribution in [3.05, 3.63) is 40.6 Å². The highest BCUT2D eigenvalue weighted by Gasteiger charge is 2.10. The minimum atomic E-state index is 0.863. The first kappa shape index (κ1) is 9.97. The Morgan fingerprint density at radius 3 is 2.00 bits per heavy atom. The van der Waals surface area contributed by atoms with E-state index in [0.29, 0.717) is 0 Å². The number of aromatic nitrogens is 1. The Bertz CT molecular complexity index is 474. The van der Waals surface area contributed by atoms with E-state index in [9.17, 15) is 0 Å². The normalized spacial score (nSPS) is 10.7. The Morgan fingerprint density at radius 2 is 1.53 bits per heavy atom. The number of hydrogen-bond donors (Lipinski definition) is 0. The second kappa shape index (κ2) is 3.54. The van der Waals surface area contributed by atoms with Crippen molar-refractivity contribution in [2.75, 3.05) is 0 Å². The van der Waals surface area contributed by atoms with Crippen LogP contribution in [0.15, 0.2) is 22.7 Å². The van der Waals surface area contributed by atoms with Gasteiger partial charge in [0.05, 0.1) is 5.69 Å². The van der Waals surface area contributed by atoms with Crippen LogP contribution < -0.4 is 0 Å². The summed E-state index contributed by atoms with van der Waals surface area (Å²) in [6, 6.07) is 6.31. The van der Waals surface area contributed by atoms with Crippen LogP contribution in [0.3, 0.4) is 0 Å². The predicted molar refractivity (Wildman–Crippen MR) is 60.9 cm³/mol. The SMILES string of the molecule is Cc1cc(C)c(-c2cc(C)no2)c(C)c1. The molecule has 0 unspecified atom stereocenters. The van der Waals surface area contributed by atoms with Crippen LogP contribution in [0.5, 0.6) is 0 Å². The fourth-order valence-corrected chi connectivity index (χ4v) is 2.05. The van der Waals surface area contributed by atoms with E-state index in [1.807, 2.05) is 13.0 Å². The van der Waals surface area contributed by atoms with Crippen molar-refractivity contribution in [3.63, 3.8) is 0 Å². The number of aryl methyl sites for hydroxylation is 4. The Labute approximate surface area is 89.9 Å². The van der Waals surface area contributed by atoms with Gasteiger partial charge in [-0.2, -0.15) is 0 Å². The van der Waals surface area contributed by atoms with E-state index >= 15 is 0 Å². The lowest BCUT2D eigenvalue weighted by atomic mass is 9.98. The maximum atomic E-state index is 5.30. The lowest BCUT2D eigenvalue weighted by Gasteiger charge is -2.07. The van der Waals surface area contributed by atoms with Crippen molar-refractivity contribution >= 4 is 0 Å². The van der Waals surface area contributed by atoms with E-state index in [1.54, 1.807) is 0 Å². The molecule has 0 aliphatic heterocycles. The molecule has 0 saturated carbocycles. The largest absolute Gasteiger partial charge is 0.356 e. The van der Waals surface area contributed by atoms with Gasteiger partial charge >= 0.3 is 0 Å². The van der Waals surface area contributed by atoms with E-state index < -0.39 is 0 Å². The van der Waals surface area contributed by atoms with Crippen molar-refractivity contribution in [2.45, 2.75) is 27.7 Å². The summed E-state index contributed by atoms with van der Waals surface area (Å²) in [4.78, 5) is 0. The molecular weight excluding hydrogens is 186 g/mol. The second-order valence-electron chi connectivity index (χ2n) is 4.11. The molecule has 0 aliphatic rings. The van der Waals surface area contributed by atoms with Crippen LogP contribution in [-0.2, 0) is 0 Å². The van der Waals surface area contributed by atoms with Gasteiger partial charge < -0.3 is 4.52 Å². The van der Waals surface area contributed by atoms with Gasteiger partial charge in [0.1, 0.15) is 0 Å². The van der Waals surface area contributed by atoms with Gasteiger partial charge in [-0.05, 0) is 38.8 Å². The molecule has 1 aromatic heterocycles. The van der Waals surface area contributed by atoms with Crippen LogP contribution >= 0.6 is 0 Å². The molecule has 0 bridgehead atoms. The zero-order valence-corrected chi connectivity index (χ0v) is 9.59. The number of benzene rings is 1. The summed E-state index contributed by atoms with van der Waals surface area (Å²) in [5.41, 5.74) is 5.85. The molecule has 1 heterocycles. The zero-order valence-electron chi connectivity index (χ0n) is 9.59. The second-order valence-corrected chi connectivity index (χ2v) is 4.11. The standard InChI is InChI=1S/C13H15NO/c1-8-5-9(2)13(10(3)6-8)12-7-11(4)14-15-12/h5-7H,1-4H3. The first-order valence-corrected chi connectivity index (χ1v) is 5.09. The molecule has 2 nitrogen and oxygen atoms in total. The minimum Gasteiger partial charge on any atom is -0.356 e. The van der Waals surface area contributed by atoms with Gasteiger partial charge in [-0.1, -0.05) is 22.9 Å². The molecule has 2 aromatic rings. The molecule has 0 radical (unpaired) electrons. The molecule has 0 aliphatic carbocycles. The molecule has 15 heavy (non-hydrogen) atoms. The lowest BCUT2D eigenvalue weighted by Crippen LogP contribution is -1.88. The van der Waals surface area contributed by atoms with Gasteiger partial charge in [0.2, 0.25) is 0 Å². The predicted octanol–water partition coefficient (Wildman–Crippen LogP) is 3.58. The Morgan fingerprint density at radius 1 is 0.933 bits per heavy atom. The Kier molecular flexibility index (Phi) is 2.35. The Hall–Kier alpha value is -1.57. The topological polar surface area (TPSA) is 26.0 Å². The average molecular weight is 201 g/mol. The minimum absolute atomic E-state index is 0.863. The van der Waals surface area contributed by atoms with Crippen molar-refractivity contribution in [3.8, 4) is 11.3 Å². The third kappa shape index (κ3) is 1.80. The van der Waals surface area contributed by atoms with Crippen molar-refractivity contribution < 1.29 is 4.52 Å². The van der Waals surface area contributed by atoms with E-state index in [0.717, 1.165) is 11.5 Å². The highest BCUT2D eigenvalue weighted by atomic mass is 16.5. The maximum Gasteiger partial charge on any atom is 0.167 e. The summed E-state index contributed by atoms with van der Waals surface area (Å²) < 4.78 is 5.30. The zero-order chi connectivity index (χ0) is 11.0. The van der Waals surface area contributed by atoms with Crippen LogP contribution in [0.2, 0.25) is 0 Å². The third-order valence-corrected chi connectivity index (χ3v) is 2.55. The summed E-state index contributed by atoms with van der Waals surface area (Å²) >= 11 is 0. The molecule has 78 valence electrons. The molecule has 0 atom stereocenters. The van der Waals surface area contributed by atoms with Crippen LogP contribution in [-0.4, -0.2) is 5.16 Å². The molecule has 0 spiro atoms. The van der Waals surface area contributed by atoms with E-state index in [-0.39, 0.29) is 0 Å². The first-order chi connectivity index (χ1) is 7.08. The van der Waals surface area contributed by atoms with E-state index in [1.165, 1.54) is 22.3 Å². The Balaban J connectivity index is 2.62. The number of hydrogen-bond acceptors (Lipinski definition) is 2. The average Bonchev–Trinajstić information content (AvgIpc) is 2.49. The van der Waals surface area contributed by atoms with Crippen LogP contribution in [0.4, 0.5) is 0 Å². The molecular formula is C13H15NO. The number of nitrogens with zero attached hydrogens (tertiary/aromatic N) is 1. The van der Waals surface area contributed by atoms with Gasteiger partial charge in [0.25, 0.3) is 0 Å². The third-order valence-electron chi connectivity index (χ3n) is 2.55. The molecule has 2 heteroatoms. The molecule has 0 saturated heterocycles. The maximum absolute atomic E-state index is 5.30. The fraction of sp³-hybridized carbons (Fsp3) is 0.308. The summed E-state index contributed by atoms with van der Waals surface area (Å²) in [7, 11) is 0. The number of rotatable bonds is 1. The summed E-state index contributed by atoms with van der Waals surface area (Å²) in [6.45, 7) is 8.25. The quantitative estimate of drug-likeness (QED) is 0.704. The van der Waals surface area contributed by atoms with Crippen molar-refractivity contribution in [2.24, 2.45) is 0 Å². The van der Waals surface area contributed by atoms with E-state index in [4.69, 9.17) is 4.52 Å². The van der Waals surface area contributed by atoms with Crippen LogP contribution in [0, 0.1) is 27.7 Å². The molecule has 2 rings (SSSR count).